The summed E-state index contributed by atoms with van der Waals surface area (Å²) in [6.45, 7) is 0.641. The zero-order valence-electron chi connectivity index (χ0n) is 20.1. The number of rotatable bonds is 7. The van der Waals surface area contributed by atoms with Gasteiger partial charge in [-0.3, -0.25) is 9.10 Å². The summed E-state index contributed by atoms with van der Waals surface area (Å²) in [4.78, 5) is 16.6. The minimum absolute atomic E-state index is 0.0306. The summed E-state index contributed by atoms with van der Waals surface area (Å²) >= 11 is 0. The van der Waals surface area contributed by atoms with Gasteiger partial charge in [-0.05, 0) is 42.5 Å². The van der Waals surface area contributed by atoms with E-state index < -0.39 is 34.2 Å². The summed E-state index contributed by atoms with van der Waals surface area (Å²) in [6.07, 6.45) is -4.44. The number of benzene rings is 3. The van der Waals surface area contributed by atoms with Gasteiger partial charge in [0.05, 0.1) is 23.3 Å². The molecule has 0 spiro atoms. The van der Waals surface area contributed by atoms with Gasteiger partial charge in [-0.2, -0.15) is 13.2 Å². The number of ether oxygens (including phenoxy) is 1. The lowest BCUT2D eigenvalue weighted by molar-refractivity contribution is -0.137. The lowest BCUT2D eigenvalue weighted by Crippen LogP contribution is -2.52. The average Bonchev–Trinajstić information content (AvgIpc) is 2.91. The maximum absolute atomic E-state index is 13.6. The molecule has 0 N–H and O–H groups in total. The highest BCUT2D eigenvalue weighted by Crippen LogP contribution is 2.33. The van der Waals surface area contributed by atoms with Crippen molar-refractivity contribution < 1.29 is 31.1 Å². The Morgan fingerprint density at radius 1 is 0.919 bits per heavy atom. The fraction of sp³-hybridized carbons (Fsp3) is 0.269. The quantitative estimate of drug-likeness (QED) is 0.454. The van der Waals surface area contributed by atoms with Gasteiger partial charge in [0.15, 0.2) is 0 Å². The van der Waals surface area contributed by atoms with E-state index in [4.69, 9.17) is 4.74 Å². The van der Waals surface area contributed by atoms with E-state index in [1.807, 2.05) is 0 Å². The first-order valence-corrected chi connectivity index (χ1v) is 13.0. The van der Waals surface area contributed by atoms with Gasteiger partial charge in [0, 0.05) is 31.9 Å². The molecule has 1 amide bonds. The van der Waals surface area contributed by atoms with E-state index in [9.17, 15) is 26.4 Å². The van der Waals surface area contributed by atoms with Gasteiger partial charge in [-0.25, -0.2) is 8.42 Å². The van der Waals surface area contributed by atoms with Crippen LogP contribution in [0.4, 0.5) is 24.5 Å². The molecule has 0 radical (unpaired) electrons. The van der Waals surface area contributed by atoms with Gasteiger partial charge in [0.1, 0.15) is 12.3 Å². The van der Waals surface area contributed by atoms with E-state index in [-0.39, 0.29) is 23.7 Å². The molecule has 1 aliphatic heterocycles. The van der Waals surface area contributed by atoms with Crippen LogP contribution in [0.5, 0.6) is 5.75 Å². The van der Waals surface area contributed by atoms with Crippen LogP contribution in [-0.4, -0.2) is 59.1 Å². The fourth-order valence-corrected chi connectivity index (χ4v) is 5.62. The van der Waals surface area contributed by atoms with E-state index in [1.54, 1.807) is 53.4 Å². The Labute approximate surface area is 213 Å². The Morgan fingerprint density at radius 3 is 2.22 bits per heavy atom. The Morgan fingerprint density at radius 2 is 1.57 bits per heavy atom. The van der Waals surface area contributed by atoms with Crippen LogP contribution in [0.25, 0.3) is 0 Å². The molecule has 3 aromatic carbocycles. The number of carbonyl (C=O) groups excluding carboxylic acids is 1. The summed E-state index contributed by atoms with van der Waals surface area (Å²) in [7, 11) is -2.69. The maximum atomic E-state index is 13.6. The molecule has 0 aliphatic carbocycles. The third-order valence-corrected chi connectivity index (χ3v) is 7.91. The van der Waals surface area contributed by atoms with Crippen LogP contribution in [0.1, 0.15) is 5.56 Å². The maximum Gasteiger partial charge on any atom is 0.416 e. The van der Waals surface area contributed by atoms with Crippen molar-refractivity contribution in [3.63, 3.8) is 0 Å². The van der Waals surface area contributed by atoms with Gasteiger partial charge >= 0.3 is 6.18 Å². The van der Waals surface area contributed by atoms with Crippen LogP contribution < -0.4 is 13.9 Å². The molecule has 1 aliphatic rings. The number of sulfonamides is 1. The fourth-order valence-electron chi connectivity index (χ4n) is 4.17. The second-order valence-electron chi connectivity index (χ2n) is 8.41. The predicted octanol–water partition coefficient (Wildman–Crippen LogP) is 4.26. The molecule has 11 heteroatoms. The normalized spacial score (nSPS) is 14.4. The molecule has 7 nitrogen and oxygen atoms in total. The van der Waals surface area contributed by atoms with Gasteiger partial charge < -0.3 is 14.5 Å². The Kier molecular flexibility index (Phi) is 7.63. The molecule has 0 bridgehead atoms. The third-order valence-electron chi connectivity index (χ3n) is 6.13. The lowest BCUT2D eigenvalue weighted by atomic mass is 10.1. The minimum Gasteiger partial charge on any atom is -0.495 e. The van der Waals surface area contributed by atoms with Crippen molar-refractivity contribution in [3.05, 3.63) is 84.4 Å². The molecule has 1 saturated heterocycles. The number of nitrogens with zero attached hydrogens (tertiary/aromatic N) is 3. The molecule has 1 heterocycles. The monoisotopic (exact) mass is 533 g/mol. The van der Waals surface area contributed by atoms with E-state index in [2.05, 4.69) is 0 Å². The summed E-state index contributed by atoms with van der Waals surface area (Å²) in [5.41, 5.74) is -0.0869. The van der Waals surface area contributed by atoms with E-state index in [1.165, 1.54) is 30.2 Å². The molecule has 4 rings (SSSR count). The van der Waals surface area contributed by atoms with Crippen molar-refractivity contribution in [2.24, 2.45) is 0 Å². The van der Waals surface area contributed by atoms with Crippen molar-refractivity contribution in [3.8, 4) is 5.75 Å². The van der Waals surface area contributed by atoms with Crippen molar-refractivity contribution in [1.29, 1.82) is 0 Å². The van der Waals surface area contributed by atoms with E-state index in [0.29, 0.717) is 24.5 Å². The number of alkyl halides is 3. The van der Waals surface area contributed by atoms with Crippen LogP contribution in [0, 0.1) is 0 Å². The Hall–Kier alpha value is -3.73. The van der Waals surface area contributed by atoms with E-state index >= 15 is 0 Å². The van der Waals surface area contributed by atoms with Gasteiger partial charge in [0.25, 0.3) is 10.0 Å². The van der Waals surface area contributed by atoms with Crippen LogP contribution >= 0.6 is 0 Å². The molecule has 0 unspecified atom stereocenters. The van der Waals surface area contributed by atoms with Crippen molar-refractivity contribution in [2.45, 2.75) is 11.1 Å². The molecule has 0 aromatic heterocycles. The van der Waals surface area contributed by atoms with Crippen molar-refractivity contribution in [2.75, 3.05) is 49.0 Å². The highest BCUT2D eigenvalue weighted by atomic mass is 32.2. The average molecular weight is 534 g/mol. The zero-order chi connectivity index (χ0) is 26.6. The number of piperazine rings is 1. The Bertz CT molecular complexity index is 1340. The Balaban J connectivity index is 1.53. The number of halogens is 3. The highest BCUT2D eigenvalue weighted by molar-refractivity contribution is 7.92. The number of anilines is 2. The number of methoxy groups -OCH3 is 1. The molecule has 196 valence electrons. The number of amides is 1. The van der Waals surface area contributed by atoms with E-state index in [0.717, 1.165) is 16.4 Å². The van der Waals surface area contributed by atoms with Crippen LogP contribution in [0.3, 0.4) is 0 Å². The molecular weight excluding hydrogens is 507 g/mol. The molecular formula is C26H26F3N3O4S. The third kappa shape index (κ3) is 5.82. The van der Waals surface area contributed by atoms with Crippen LogP contribution in [-0.2, 0) is 21.0 Å². The molecule has 0 atom stereocenters. The van der Waals surface area contributed by atoms with Gasteiger partial charge in [0.2, 0.25) is 5.91 Å². The smallest absolute Gasteiger partial charge is 0.416 e. The SMILES string of the molecule is COc1ccccc1N(CC(=O)N1CCN(c2cccc(C(F)(F)F)c2)CC1)S(=O)(=O)c1ccccc1. The van der Waals surface area contributed by atoms with Crippen molar-refractivity contribution in [1.82, 2.24) is 4.90 Å². The number of hydrogen-bond acceptors (Lipinski definition) is 5. The summed E-state index contributed by atoms with van der Waals surface area (Å²) < 4.78 is 72.8. The second-order valence-corrected chi connectivity index (χ2v) is 10.3. The summed E-state index contributed by atoms with van der Waals surface area (Å²) in [6, 6.07) is 19.4. The predicted molar refractivity (Wildman–Crippen MR) is 134 cm³/mol. The minimum atomic E-state index is -4.44. The van der Waals surface area contributed by atoms with Gasteiger partial charge in [-0.1, -0.05) is 36.4 Å². The standard InChI is InChI=1S/C26H26F3N3O4S/c1-36-24-13-6-5-12-23(24)32(37(34,35)22-10-3-2-4-11-22)19-25(33)31-16-14-30(15-17-31)21-9-7-8-20(18-21)26(27,28)29/h2-13,18H,14-17,19H2,1H3. The van der Waals surface area contributed by atoms with Crippen LogP contribution in [0.2, 0.25) is 0 Å². The van der Waals surface area contributed by atoms with Gasteiger partial charge in [-0.15, -0.1) is 0 Å². The lowest BCUT2D eigenvalue weighted by Gasteiger charge is -2.37. The molecule has 3 aromatic rings. The van der Waals surface area contributed by atoms with Crippen molar-refractivity contribution >= 4 is 27.3 Å². The highest BCUT2D eigenvalue weighted by Gasteiger charge is 2.33. The molecule has 37 heavy (non-hydrogen) atoms. The first-order chi connectivity index (χ1) is 17.6. The molecule has 0 saturated carbocycles. The summed E-state index contributed by atoms with van der Waals surface area (Å²) in [5.74, 6) is -0.127. The topological polar surface area (TPSA) is 70.2 Å². The first-order valence-electron chi connectivity index (χ1n) is 11.5. The summed E-state index contributed by atoms with van der Waals surface area (Å²) in [5, 5.41) is 0. The second kappa shape index (κ2) is 10.7. The zero-order valence-corrected chi connectivity index (χ0v) is 20.9. The number of carbonyl (C=O) groups is 1. The number of para-hydroxylation sites is 2. The molecule has 1 fully saturated rings. The number of hydrogen-bond donors (Lipinski definition) is 0. The largest absolute Gasteiger partial charge is 0.495 e. The first kappa shape index (κ1) is 26.3. The van der Waals surface area contributed by atoms with Crippen LogP contribution in [0.15, 0.2) is 83.8 Å².